The average molecular weight is 371 g/mol. The minimum Gasteiger partial charge on any atom is -0.489 e. The number of amides is 1. The Bertz CT molecular complexity index is 886. The second kappa shape index (κ2) is 8.45. The molecular formula is C20H16ClFN2O2. The Morgan fingerprint density at radius 2 is 1.92 bits per heavy atom. The van der Waals surface area contributed by atoms with Crippen LogP contribution in [0.1, 0.15) is 21.5 Å². The molecule has 26 heavy (non-hydrogen) atoms. The topological polar surface area (TPSA) is 51.2 Å². The molecule has 0 aliphatic heterocycles. The van der Waals surface area contributed by atoms with E-state index in [0.717, 1.165) is 5.56 Å². The van der Waals surface area contributed by atoms with Crippen LogP contribution in [0.15, 0.2) is 67.0 Å². The summed E-state index contributed by atoms with van der Waals surface area (Å²) in [5, 5.41) is 2.91. The highest BCUT2D eigenvalue weighted by Crippen LogP contribution is 2.18. The van der Waals surface area contributed by atoms with Crippen LogP contribution in [0.3, 0.4) is 0 Å². The molecule has 3 aromatic rings. The van der Waals surface area contributed by atoms with E-state index in [1.807, 2.05) is 12.1 Å². The Labute approximate surface area is 155 Å². The molecule has 6 heteroatoms. The summed E-state index contributed by atoms with van der Waals surface area (Å²) >= 11 is 5.65. The standard InChI is InChI=1S/C20H16ClFN2O2/c21-18-8-3-14(10-19(18)22)13-26-17-6-4-16(5-7-17)20(25)24-12-15-2-1-9-23-11-15/h1-11H,12-13H2,(H,24,25). The molecule has 0 saturated carbocycles. The van der Waals surface area contributed by atoms with Crippen molar-refractivity contribution in [3.05, 3.63) is 94.5 Å². The van der Waals surface area contributed by atoms with E-state index >= 15 is 0 Å². The number of aromatic nitrogens is 1. The molecule has 0 aliphatic carbocycles. The quantitative estimate of drug-likeness (QED) is 0.700. The van der Waals surface area contributed by atoms with Gasteiger partial charge in [-0.2, -0.15) is 0 Å². The number of hydrogen-bond donors (Lipinski definition) is 1. The van der Waals surface area contributed by atoms with E-state index in [-0.39, 0.29) is 17.5 Å². The summed E-state index contributed by atoms with van der Waals surface area (Å²) in [6, 6.07) is 15.0. The van der Waals surface area contributed by atoms with Gasteiger partial charge in [-0.05, 0) is 53.6 Å². The zero-order valence-electron chi connectivity index (χ0n) is 13.8. The molecule has 1 aromatic heterocycles. The van der Waals surface area contributed by atoms with Crippen molar-refractivity contribution in [3.8, 4) is 5.75 Å². The SMILES string of the molecule is O=C(NCc1cccnc1)c1ccc(OCc2ccc(Cl)c(F)c2)cc1. The summed E-state index contributed by atoms with van der Waals surface area (Å²) in [5.74, 6) is -0.0715. The van der Waals surface area contributed by atoms with Crippen LogP contribution in [0.4, 0.5) is 4.39 Å². The number of carbonyl (C=O) groups excluding carboxylic acids is 1. The van der Waals surface area contributed by atoms with Crippen LogP contribution in [0.5, 0.6) is 5.75 Å². The largest absolute Gasteiger partial charge is 0.489 e. The van der Waals surface area contributed by atoms with Gasteiger partial charge in [-0.25, -0.2) is 4.39 Å². The van der Waals surface area contributed by atoms with Crippen LogP contribution >= 0.6 is 11.6 Å². The minimum atomic E-state index is -0.478. The number of pyridine rings is 1. The van der Waals surface area contributed by atoms with Crippen LogP contribution < -0.4 is 10.1 Å². The highest BCUT2D eigenvalue weighted by Gasteiger charge is 2.06. The summed E-state index contributed by atoms with van der Waals surface area (Å²) < 4.78 is 19.0. The summed E-state index contributed by atoms with van der Waals surface area (Å²) in [4.78, 5) is 16.2. The maximum atomic E-state index is 13.4. The lowest BCUT2D eigenvalue weighted by Crippen LogP contribution is -2.22. The van der Waals surface area contributed by atoms with Crippen molar-refractivity contribution in [2.45, 2.75) is 13.2 Å². The van der Waals surface area contributed by atoms with Gasteiger partial charge in [-0.15, -0.1) is 0 Å². The number of carbonyl (C=O) groups is 1. The van der Waals surface area contributed by atoms with Gasteiger partial charge in [0.15, 0.2) is 0 Å². The maximum Gasteiger partial charge on any atom is 0.251 e. The molecule has 0 spiro atoms. The lowest BCUT2D eigenvalue weighted by Gasteiger charge is -2.08. The summed E-state index contributed by atoms with van der Waals surface area (Å²) in [6.45, 7) is 0.619. The van der Waals surface area contributed by atoms with Gasteiger partial charge in [0.2, 0.25) is 0 Å². The van der Waals surface area contributed by atoms with E-state index in [1.54, 1.807) is 42.7 Å². The fourth-order valence-corrected chi connectivity index (χ4v) is 2.40. The molecule has 1 N–H and O–H groups in total. The van der Waals surface area contributed by atoms with Gasteiger partial charge < -0.3 is 10.1 Å². The summed E-state index contributed by atoms with van der Waals surface area (Å²) in [5.41, 5.74) is 2.12. The van der Waals surface area contributed by atoms with Crippen molar-refractivity contribution in [1.29, 1.82) is 0 Å². The Hall–Kier alpha value is -2.92. The van der Waals surface area contributed by atoms with Crippen molar-refractivity contribution in [2.75, 3.05) is 0 Å². The van der Waals surface area contributed by atoms with Gasteiger partial charge >= 0.3 is 0 Å². The number of ether oxygens (including phenoxy) is 1. The van der Waals surface area contributed by atoms with Crippen LogP contribution in [0, 0.1) is 5.82 Å². The van der Waals surface area contributed by atoms with Crippen molar-refractivity contribution >= 4 is 17.5 Å². The zero-order chi connectivity index (χ0) is 18.4. The van der Waals surface area contributed by atoms with Crippen molar-refractivity contribution in [3.63, 3.8) is 0 Å². The number of hydrogen-bond acceptors (Lipinski definition) is 3. The maximum absolute atomic E-state index is 13.4. The first kappa shape index (κ1) is 17.9. The van der Waals surface area contributed by atoms with Crippen LogP contribution in [0.2, 0.25) is 5.02 Å². The van der Waals surface area contributed by atoms with Crippen molar-refractivity contribution in [2.24, 2.45) is 0 Å². The van der Waals surface area contributed by atoms with Gasteiger partial charge in [-0.3, -0.25) is 9.78 Å². The van der Waals surface area contributed by atoms with Crippen molar-refractivity contribution < 1.29 is 13.9 Å². The number of benzene rings is 2. The number of rotatable bonds is 6. The Morgan fingerprint density at radius 3 is 2.62 bits per heavy atom. The van der Waals surface area contributed by atoms with E-state index in [0.29, 0.717) is 23.4 Å². The van der Waals surface area contributed by atoms with Crippen LogP contribution in [-0.4, -0.2) is 10.9 Å². The molecule has 4 nitrogen and oxygen atoms in total. The normalized spacial score (nSPS) is 10.4. The van der Waals surface area contributed by atoms with Crippen LogP contribution in [0.25, 0.3) is 0 Å². The third-order valence-corrected chi connectivity index (χ3v) is 3.99. The highest BCUT2D eigenvalue weighted by atomic mass is 35.5. The zero-order valence-corrected chi connectivity index (χ0v) is 14.5. The molecule has 0 unspecified atom stereocenters. The lowest BCUT2D eigenvalue weighted by atomic mass is 10.2. The molecule has 3 rings (SSSR count). The fourth-order valence-electron chi connectivity index (χ4n) is 2.29. The average Bonchev–Trinajstić information content (AvgIpc) is 2.68. The lowest BCUT2D eigenvalue weighted by molar-refractivity contribution is 0.0951. The van der Waals surface area contributed by atoms with E-state index in [4.69, 9.17) is 16.3 Å². The summed E-state index contributed by atoms with van der Waals surface area (Å²) in [7, 11) is 0. The monoisotopic (exact) mass is 370 g/mol. The molecular weight excluding hydrogens is 355 g/mol. The second-order valence-electron chi connectivity index (χ2n) is 5.61. The molecule has 0 aliphatic rings. The molecule has 0 radical (unpaired) electrons. The summed E-state index contributed by atoms with van der Waals surface area (Å²) in [6.07, 6.45) is 3.39. The number of nitrogens with one attached hydrogen (secondary N) is 1. The molecule has 1 amide bonds. The highest BCUT2D eigenvalue weighted by molar-refractivity contribution is 6.30. The first-order valence-electron chi connectivity index (χ1n) is 7.96. The van der Waals surface area contributed by atoms with Gasteiger partial charge in [0, 0.05) is 24.5 Å². The molecule has 1 heterocycles. The first-order valence-corrected chi connectivity index (χ1v) is 8.33. The van der Waals surface area contributed by atoms with E-state index in [1.165, 1.54) is 12.1 Å². The molecule has 0 saturated heterocycles. The van der Waals surface area contributed by atoms with E-state index < -0.39 is 5.82 Å². The predicted molar refractivity (Wildman–Crippen MR) is 97.6 cm³/mol. The Kier molecular flexibility index (Phi) is 5.81. The predicted octanol–water partition coefficient (Wildman–Crippen LogP) is 4.38. The minimum absolute atomic E-state index is 0.0791. The number of halogens is 2. The van der Waals surface area contributed by atoms with Crippen molar-refractivity contribution in [1.82, 2.24) is 10.3 Å². The van der Waals surface area contributed by atoms with E-state index in [2.05, 4.69) is 10.3 Å². The van der Waals surface area contributed by atoms with Gasteiger partial charge in [0.05, 0.1) is 5.02 Å². The smallest absolute Gasteiger partial charge is 0.251 e. The third-order valence-electron chi connectivity index (χ3n) is 3.68. The first-order chi connectivity index (χ1) is 12.6. The van der Waals surface area contributed by atoms with Gasteiger partial charge in [0.1, 0.15) is 18.2 Å². The Balaban J connectivity index is 1.54. The van der Waals surface area contributed by atoms with Gasteiger partial charge in [-0.1, -0.05) is 23.7 Å². The van der Waals surface area contributed by atoms with Gasteiger partial charge in [0.25, 0.3) is 5.91 Å². The molecule has 2 aromatic carbocycles. The fraction of sp³-hybridized carbons (Fsp3) is 0.100. The number of nitrogens with zero attached hydrogens (tertiary/aromatic N) is 1. The Morgan fingerprint density at radius 1 is 1.12 bits per heavy atom. The molecule has 0 atom stereocenters. The van der Waals surface area contributed by atoms with E-state index in [9.17, 15) is 9.18 Å². The third kappa shape index (κ3) is 4.80. The molecule has 0 bridgehead atoms. The van der Waals surface area contributed by atoms with Crippen LogP contribution in [-0.2, 0) is 13.2 Å². The molecule has 132 valence electrons. The second-order valence-corrected chi connectivity index (χ2v) is 6.01. The molecule has 0 fully saturated rings.